The van der Waals surface area contributed by atoms with E-state index in [-0.39, 0.29) is 12.1 Å². The van der Waals surface area contributed by atoms with Crippen molar-refractivity contribution in [1.82, 2.24) is 5.32 Å². The van der Waals surface area contributed by atoms with Crippen LogP contribution in [0.15, 0.2) is 24.3 Å². The topological polar surface area (TPSA) is 32.3 Å². The molecule has 2 unspecified atom stereocenters. The molecule has 0 bridgehead atoms. The third kappa shape index (κ3) is 2.97. The van der Waals surface area contributed by atoms with E-state index in [4.69, 9.17) is 6.42 Å². The molecule has 1 aliphatic heterocycles. The van der Waals surface area contributed by atoms with Gasteiger partial charge in [-0.25, -0.2) is 0 Å². The predicted octanol–water partition coefficient (Wildman–Crippen LogP) is 2.67. The Morgan fingerprint density at radius 2 is 1.90 bits per heavy atom. The van der Waals surface area contributed by atoms with Crippen molar-refractivity contribution in [3.05, 3.63) is 35.4 Å². The van der Waals surface area contributed by atoms with Crippen LogP contribution < -0.4 is 5.32 Å². The molecule has 0 radical (unpaired) electrons. The highest BCUT2D eigenvalue weighted by atomic mass is 19.4. The molecule has 0 spiro atoms. The Hall–Kier alpha value is -1.51. The van der Waals surface area contributed by atoms with Crippen LogP contribution in [0.3, 0.4) is 0 Å². The molecule has 1 aromatic carbocycles. The van der Waals surface area contributed by atoms with Gasteiger partial charge in [-0.1, -0.05) is 18.1 Å². The van der Waals surface area contributed by atoms with Crippen molar-refractivity contribution < 1.29 is 18.3 Å². The number of aliphatic hydroxyl groups is 1. The molecule has 108 valence electrons. The van der Waals surface area contributed by atoms with Crippen LogP contribution in [0.25, 0.3) is 0 Å². The Morgan fingerprint density at radius 1 is 1.30 bits per heavy atom. The molecule has 5 heteroatoms. The molecular weight excluding hydrogens is 267 g/mol. The molecule has 1 fully saturated rings. The molecule has 1 saturated heterocycles. The maximum atomic E-state index is 12.5. The second-order valence-electron chi connectivity index (χ2n) is 5.30. The maximum Gasteiger partial charge on any atom is 0.416 e. The van der Waals surface area contributed by atoms with Crippen LogP contribution in [-0.2, 0) is 11.8 Å². The Bertz CT molecular complexity index is 517. The first-order valence-electron chi connectivity index (χ1n) is 6.37. The summed E-state index contributed by atoms with van der Waals surface area (Å²) in [6, 6.07) is 4.35. The fourth-order valence-electron chi connectivity index (χ4n) is 2.70. The Labute approximate surface area is 116 Å². The van der Waals surface area contributed by atoms with E-state index in [1.165, 1.54) is 12.1 Å². The van der Waals surface area contributed by atoms with Crippen molar-refractivity contribution in [3.8, 4) is 12.3 Å². The van der Waals surface area contributed by atoms with Crippen molar-refractivity contribution >= 4 is 0 Å². The first-order chi connectivity index (χ1) is 9.24. The van der Waals surface area contributed by atoms with Gasteiger partial charge in [-0.2, -0.15) is 13.2 Å². The molecule has 1 heterocycles. The highest BCUT2D eigenvalue weighted by Crippen LogP contribution is 2.36. The normalized spacial score (nSPS) is 30.8. The molecule has 2 nitrogen and oxygen atoms in total. The molecule has 2 N–H and O–H groups in total. The molecule has 0 aromatic heterocycles. The second kappa shape index (κ2) is 5.12. The molecule has 1 aliphatic rings. The largest absolute Gasteiger partial charge is 0.416 e. The Kier molecular flexibility index (Phi) is 3.81. The molecule has 20 heavy (non-hydrogen) atoms. The van der Waals surface area contributed by atoms with Crippen LogP contribution in [0.4, 0.5) is 13.2 Å². The smallest absolute Gasteiger partial charge is 0.385 e. The lowest BCUT2D eigenvalue weighted by atomic mass is 9.79. The van der Waals surface area contributed by atoms with E-state index in [0.29, 0.717) is 18.4 Å². The van der Waals surface area contributed by atoms with Gasteiger partial charge >= 0.3 is 6.18 Å². The monoisotopic (exact) mass is 283 g/mol. The van der Waals surface area contributed by atoms with E-state index in [9.17, 15) is 18.3 Å². The zero-order valence-corrected chi connectivity index (χ0v) is 11.0. The molecule has 2 rings (SSSR count). The van der Waals surface area contributed by atoms with E-state index in [1.807, 2.05) is 6.92 Å². The summed E-state index contributed by atoms with van der Waals surface area (Å²) in [7, 11) is 0. The van der Waals surface area contributed by atoms with E-state index in [0.717, 1.165) is 12.1 Å². The first kappa shape index (κ1) is 14.9. The molecule has 0 amide bonds. The highest BCUT2D eigenvalue weighted by Gasteiger charge is 2.39. The first-order valence-corrected chi connectivity index (χ1v) is 6.37. The van der Waals surface area contributed by atoms with Gasteiger partial charge in [0.05, 0.1) is 17.2 Å². The van der Waals surface area contributed by atoms with Gasteiger partial charge in [-0.05, 0) is 31.0 Å². The third-order valence-electron chi connectivity index (χ3n) is 3.62. The summed E-state index contributed by atoms with van der Waals surface area (Å²) < 4.78 is 37.6. The molecule has 3 atom stereocenters. The fraction of sp³-hybridized carbons (Fsp3) is 0.467. The minimum atomic E-state index is -4.37. The van der Waals surface area contributed by atoms with Crippen LogP contribution in [0, 0.1) is 12.3 Å². The van der Waals surface area contributed by atoms with Crippen LogP contribution in [0.5, 0.6) is 0 Å². The van der Waals surface area contributed by atoms with E-state index < -0.39 is 17.3 Å². The van der Waals surface area contributed by atoms with Crippen LogP contribution >= 0.6 is 0 Å². The minimum absolute atomic E-state index is 0.00269. The highest BCUT2D eigenvalue weighted by molar-refractivity contribution is 5.30. The minimum Gasteiger partial charge on any atom is -0.385 e. The van der Waals surface area contributed by atoms with Gasteiger partial charge in [0.1, 0.15) is 0 Å². The van der Waals surface area contributed by atoms with Crippen molar-refractivity contribution in [2.75, 3.05) is 0 Å². The lowest BCUT2D eigenvalue weighted by Crippen LogP contribution is -2.50. The van der Waals surface area contributed by atoms with E-state index >= 15 is 0 Å². The van der Waals surface area contributed by atoms with Crippen LogP contribution in [0.2, 0.25) is 0 Å². The number of hydrogen-bond donors (Lipinski definition) is 2. The number of benzene rings is 1. The van der Waals surface area contributed by atoms with Crippen molar-refractivity contribution in [2.24, 2.45) is 0 Å². The summed E-state index contributed by atoms with van der Waals surface area (Å²) in [5.41, 5.74) is -1.44. The summed E-state index contributed by atoms with van der Waals surface area (Å²) in [4.78, 5) is 0. The fourth-order valence-corrected chi connectivity index (χ4v) is 2.70. The van der Waals surface area contributed by atoms with Gasteiger partial charge < -0.3 is 10.4 Å². The van der Waals surface area contributed by atoms with Crippen LogP contribution in [0.1, 0.15) is 30.9 Å². The Morgan fingerprint density at radius 3 is 2.40 bits per heavy atom. The van der Waals surface area contributed by atoms with Gasteiger partial charge in [0.2, 0.25) is 0 Å². The lowest BCUT2D eigenvalue weighted by Gasteiger charge is -2.39. The number of terminal acetylenes is 1. The lowest BCUT2D eigenvalue weighted by molar-refractivity contribution is -0.137. The van der Waals surface area contributed by atoms with Crippen molar-refractivity contribution in [2.45, 2.75) is 43.6 Å². The quantitative estimate of drug-likeness (QED) is 0.777. The standard InChI is InChI=1S/C15H16F3NO/c1-3-13-9-14(20,8-10(2)19-13)11-4-6-12(7-5-11)15(16,17)18/h1,4-7,10,13,19-20H,8-9H2,2H3/t10-,13?,14?/m0/s1. The average Bonchev–Trinajstić information content (AvgIpc) is 2.37. The molecule has 0 aliphatic carbocycles. The van der Waals surface area contributed by atoms with Crippen LogP contribution in [-0.4, -0.2) is 17.2 Å². The third-order valence-corrected chi connectivity index (χ3v) is 3.62. The van der Waals surface area contributed by atoms with Crippen molar-refractivity contribution in [1.29, 1.82) is 0 Å². The maximum absolute atomic E-state index is 12.5. The number of nitrogens with one attached hydrogen (secondary N) is 1. The predicted molar refractivity (Wildman–Crippen MR) is 69.8 cm³/mol. The zero-order valence-electron chi connectivity index (χ0n) is 11.0. The van der Waals surface area contributed by atoms with Crippen molar-refractivity contribution in [3.63, 3.8) is 0 Å². The summed E-state index contributed by atoms with van der Waals surface area (Å²) in [5.74, 6) is 2.54. The molecule has 1 aromatic rings. The summed E-state index contributed by atoms with van der Waals surface area (Å²) in [6.07, 6.45) is 1.71. The van der Waals surface area contributed by atoms with Gasteiger partial charge in [-0.15, -0.1) is 6.42 Å². The van der Waals surface area contributed by atoms with Gasteiger partial charge in [0.25, 0.3) is 0 Å². The second-order valence-corrected chi connectivity index (χ2v) is 5.30. The zero-order chi connectivity index (χ0) is 15.0. The number of halogens is 3. The van der Waals surface area contributed by atoms with E-state index in [1.54, 1.807) is 0 Å². The Balaban J connectivity index is 2.28. The summed E-state index contributed by atoms with van der Waals surface area (Å²) >= 11 is 0. The summed E-state index contributed by atoms with van der Waals surface area (Å²) in [5, 5.41) is 13.8. The van der Waals surface area contributed by atoms with Gasteiger partial charge in [0.15, 0.2) is 0 Å². The number of hydrogen-bond acceptors (Lipinski definition) is 2. The number of rotatable bonds is 1. The number of alkyl halides is 3. The SMILES string of the molecule is C#CC1CC(O)(c2ccc(C(F)(F)F)cc2)C[C@H](C)N1. The van der Waals surface area contributed by atoms with Gasteiger partial charge in [0, 0.05) is 12.5 Å². The van der Waals surface area contributed by atoms with E-state index in [2.05, 4.69) is 11.2 Å². The number of piperidine rings is 1. The summed E-state index contributed by atoms with van der Waals surface area (Å²) in [6.45, 7) is 1.89. The van der Waals surface area contributed by atoms with Gasteiger partial charge in [-0.3, -0.25) is 0 Å². The average molecular weight is 283 g/mol. The molecule has 0 saturated carbocycles. The molecular formula is C15H16F3NO.